The van der Waals surface area contributed by atoms with Crippen LogP contribution in [0.4, 0.5) is 5.69 Å². The Morgan fingerprint density at radius 1 is 1.36 bits per heavy atom. The SMILES string of the molecule is O=S(=O)(NC1=[NH+]CCC1)c1cccc(NC(=S)NC[C@H]2CCCO2)c1. The van der Waals surface area contributed by atoms with Crippen LogP contribution in [0.5, 0.6) is 0 Å². The molecule has 0 aliphatic carbocycles. The van der Waals surface area contributed by atoms with Crippen LogP contribution in [0.1, 0.15) is 25.7 Å². The molecule has 7 nitrogen and oxygen atoms in total. The number of anilines is 1. The second kappa shape index (κ2) is 8.11. The van der Waals surface area contributed by atoms with Crippen molar-refractivity contribution in [2.24, 2.45) is 0 Å². The minimum atomic E-state index is -3.60. The zero-order valence-electron chi connectivity index (χ0n) is 13.9. The zero-order valence-corrected chi connectivity index (χ0v) is 15.5. The lowest BCUT2D eigenvalue weighted by Crippen LogP contribution is -2.72. The molecule has 0 spiro atoms. The minimum Gasteiger partial charge on any atom is -0.376 e. The predicted octanol–water partition coefficient (Wildman–Crippen LogP) is -0.297. The van der Waals surface area contributed by atoms with Crippen molar-refractivity contribution in [2.75, 3.05) is 25.0 Å². The van der Waals surface area contributed by atoms with E-state index < -0.39 is 10.0 Å². The fourth-order valence-corrected chi connectivity index (χ4v) is 4.19. The van der Waals surface area contributed by atoms with Crippen LogP contribution in [-0.2, 0) is 14.8 Å². The molecule has 2 aliphatic heterocycles. The van der Waals surface area contributed by atoms with E-state index in [0.717, 1.165) is 32.4 Å². The highest BCUT2D eigenvalue weighted by Gasteiger charge is 2.24. The molecule has 0 amide bonds. The lowest BCUT2D eigenvalue weighted by Gasteiger charge is -2.14. The first-order valence-electron chi connectivity index (χ1n) is 8.42. The molecule has 1 aromatic carbocycles. The normalized spacial score (nSPS) is 20.2. The zero-order chi connectivity index (χ0) is 17.7. The Morgan fingerprint density at radius 2 is 2.24 bits per heavy atom. The molecule has 3 rings (SSSR count). The Kier molecular flexibility index (Phi) is 5.87. The summed E-state index contributed by atoms with van der Waals surface area (Å²) in [5.41, 5.74) is 0.622. The van der Waals surface area contributed by atoms with Crippen LogP contribution in [0, 0.1) is 0 Å². The van der Waals surface area contributed by atoms with E-state index in [9.17, 15) is 8.42 Å². The molecule has 1 saturated heterocycles. The number of sulfonamides is 1. The monoisotopic (exact) mass is 383 g/mol. The smallest absolute Gasteiger partial charge is 0.328 e. The second-order valence-electron chi connectivity index (χ2n) is 6.11. The van der Waals surface area contributed by atoms with E-state index in [2.05, 4.69) is 20.3 Å². The van der Waals surface area contributed by atoms with Gasteiger partial charge in [-0.1, -0.05) is 6.07 Å². The van der Waals surface area contributed by atoms with Gasteiger partial charge >= 0.3 is 10.0 Å². The van der Waals surface area contributed by atoms with Crippen molar-refractivity contribution in [1.29, 1.82) is 0 Å². The Labute approximate surface area is 153 Å². The summed E-state index contributed by atoms with van der Waals surface area (Å²) >= 11 is 5.27. The number of nitrogens with one attached hydrogen (secondary N) is 4. The molecule has 2 aliphatic rings. The summed E-state index contributed by atoms with van der Waals surface area (Å²) in [5, 5.41) is 6.58. The summed E-state index contributed by atoms with van der Waals surface area (Å²) in [5.74, 6) is 0.645. The van der Waals surface area contributed by atoms with Crippen molar-refractivity contribution in [3.05, 3.63) is 24.3 Å². The molecule has 9 heteroatoms. The van der Waals surface area contributed by atoms with Gasteiger partial charge in [-0.05, 0) is 49.7 Å². The van der Waals surface area contributed by atoms with Crippen molar-refractivity contribution in [3.63, 3.8) is 0 Å². The summed E-state index contributed by atoms with van der Waals surface area (Å²) in [6, 6.07) is 6.59. The molecule has 0 bridgehead atoms. The molecule has 0 aromatic heterocycles. The summed E-state index contributed by atoms with van der Waals surface area (Å²) in [6.45, 7) is 2.24. The molecule has 0 saturated carbocycles. The number of hydrogen-bond donors (Lipinski definition) is 4. The molecule has 2 heterocycles. The van der Waals surface area contributed by atoms with Gasteiger partial charge in [-0.15, -0.1) is 0 Å². The number of benzene rings is 1. The molecule has 1 aromatic rings. The quantitative estimate of drug-likeness (QED) is 0.522. The molecule has 1 fully saturated rings. The van der Waals surface area contributed by atoms with Gasteiger partial charge in [0.25, 0.3) is 5.84 Å². The largest absolute Gasteiger partial charge is 0.376 e. The fourth-order valence-electron chi connectivity index (χ4n) is 2.83. The Bertz CT molecular complexity index is 758. The van der Waals surface area contributed by atoms with Crippen LogP contribution in [0.2, 0.25) is 0 Å². The van der Waals surface area contributed by atoms with Gasteiger partial charge in [0.1, 0.15) is 4.90 Å². The Morgan fingerprint density at radius 3 is 2.96 bits per heavy atom. The number of hydrogen-bond acceptors (Lipinski definition) is 4. The van der Waals surface area contributed by atoms with Gasteiger partial charge in [-0.2, -0.15) is 13.1 Å². The number of thiocarbonyl (C=S) groups is 1. The first-order chi connectivity index (χ1) is 12.0. The number of rotatable bonds is 5. The van der Waals surface area contributed by atoms with E-state index in [1.165, 1.54) is 0 Å². The van der Waals surface area contributed by atoms with Gasteiger partial charge in [-0.3, -0.25) is 4.99 Å². The van der Waals surface area contributed by atoms with Crippen molar-refractivity contribution >= 4 is 38.9 Å². The summed E-state index contributed by atoms with van der Waals surface area (Å²) in [7, 11) is -3.60. The van der Waals surface area contributed by atoms with Gasteiger partial charge in [0, 0.05) is 18.8 Å². The summed E-state index contributed by atoms with van der Waals surface area (Å²) < 4.78 is 33.1. The maximum atomic E-state index is 12.5. The third kappa shape index (κ3) is 5.13. The van der Waals surface area contributed by atoms with Crippen molar-refractivity contribution in [3.8, 4) is 0 Å². The summed E-state index contributed by atoms with van der Waals surface area (Å²) in [4.78, 5) is 3.24. The third-order valence-corrected chi connectivity index (χ3v) is 5.75. The minimum absolute atomic E-state index is 0.187. The van der Waals surface area contributed by atoms with E-state index in [4.69, 9.17) is 17.0 Å². The van der Waals surface area contributed by atoms with E-state index in [0.29, 0.717) is 29.6 Å². The van der Waals surface area contributed by atoms with E-state index in [1.54, 1.807) is 24.3 Å². The molecule has 136 valence electrons. The van der Waals surface area contributed by atoms with E-state index >= 15 is 0 Å². The molecular weight excluding hydrogens is 360 g/mol. The highest BCUT2D eigenvalue weighted by molar-refractivity contribution is 7.90. The van der Waals surface area contributed by atoms with Crippen LogP contribution in [0.15, 0.2) is 29.2 Å². The first kappa shape index (κ1) is 18.1. The van der Waals surface area contributed by atoms with E-state index in [1.807, 2.05) is 0 Å². The molecule has 4 N–H and O–H groups in total. The standard InChI is InChI=1S/C16H22N4O3S2/c21-25(22,20-15-7-2-8-17-15)14-6-1-4-12(10-14)19-16(24)18-11-13-5-3-9-23-13/h1,4,6,10,13H,2-3,5,7-9,11H2,(H,17,20)(H2,18,19,24)/p+1/t13-/m1/s1. The van der Waals surface area contributed by atoms with Gasteiger partial charge in [-0.25, -0.2) is 0 Å². The predicted molar refractivity (Wildman–Crippen MR) is 100 cm³/mol. The topological polar surface area (TPSA) is 93.4 Å². The molecule has 0 radical (unpaired) electrons. The van der Waals surface area contributed by atoms with Crippen LogP contribution in [0.3, 0.4) is 0 Å². The molecule has 25 heavy (non-hydrogen) atoms. The number of amidine groups is 1. The van der Waals surface area contributed by atoms with Crippen molar-refractivity contribution in [1.82, 2.24) is 10.0 Å². The fraction of sp³-hybridized carbons (Fsp3) is 0.500. The van der Waals surface area contributed by atoms with Crippen LogP contribution in [-0.4, -0.2) is 45.2 Å². The lowest BCUT2D eigenvalue weighted by molar-refractivity contribution is -0.448. The maximum Gasteiger partial charge on any atom is 0.328 e. The third-order valence-electron chi connectivity index (χ3n) is 4.12. The summed E-state index contributed by atoms with van der Waals surface area (Å²) in [6.07, 6.45) is 3.94. The van der Waals surface area contributed by atoms with Gasteiger partial charge in [0.2, 0.25) is 0 Å². The second-order valence-corrected chi connectivity index (χ2v) is 8.20. The van der Waals surface area contributed by atoms with Crippen LogP contribution >= 0.6 is 12.2 Å². The van der Waals surface area contributed by atoms with Gasteiger partial charge in [0.15, 0.2) is 5.11 Å². The lowest BCUT2D eigenvalue weighted by atomic mass is 10.2. The average Bonchev–Trinajstić information content (AvgIpc) is 3.26. The molecular formula is C16H23N4O3S2+. The van der Waals surface area contributed by atoms with Crippen LogP contribution in [0.25, 0.3) is 0 Å². The first-order valence-corrected chi connectivity index (χ1v) is 10.3. The number of ether oxygens (including phenoxy) is 1. The highest BCUT2D eigenvalue weighted by atomic mass is 32.2. The average molecular weight is 384 g/mol. The Hall–Kier alpha value is -1.71. The van der Waals surface area contributed by atoms with Crippen LogP contribution < -0.4 is 20.3 Å². The Balaban J connectivity index is 1.59. The van der Waals surface area contributed by atoms with Gasteiger partial charge in [0.05, 0.1) is 19.1 Å². The maximum absolute atomic E-state index is 12.5. The van der Waals surface area contributed by atoms with Crippen molar-refractivity contribution < 1.29 is 18.1 Å². The van der Waals surface area contributed by atoms with Crippen molar-refractivity contribution in [2.45, 2.75) is 36.7 Å². The van der Waals surface area contributed by atoms with E-state index in [-0.39, 0.29) is 11.0 Å². The molecule has 0 unspecified atom stereocenters. The highest BCUT2D eigenvalue weighted by Crippen LogP contribution is 2.16. The molecule has 1 atom stereocenters. The van der Waals surface area contributed by atoms with Gasteiger partial charge < -0.3 is 15.4 Å².